The average molecular weight is 514 g/mol. The molecule has 2 heterocycles. The van der Waals surface area contributed by atoms with Crippen molar-refractivity contribution in [3.8, 4) is 33.4 Å². The molecule has 0 atom stereocenters. The normalized spacial score (nSPS) is 12.7. The van der Waals surface area contributed by atoms with Gasteiger partial charge in [-0.1, -0.05) is 143 Å². The van der Waals surface area contributed by atoms with Crippen LogP contribution < -0.4 is 32.8 Å². The molecule has 0 nitrogen and oxygen atoms in total. The zero-order valence-corrected chi connectivity index (χ0v) is 21.6. The third-order valence-electron chi connectivity index (χ3n) is 8.64. The van der Waals surface area contributed by atoms with E-state index in [1.54, 1.807) is 12.1 Å². The zero-order chi connectivity index (χ0) is 26.8. The summed E-state index contributed by atoms with van der Waals surface area (Å²) in [4.78, 5) is 0. The van der Waals surface area contributed by atoms with E-state index in [1.165, 1.54) is 12.1 Å². The summed E-state index contributed by atoms with van der Waals surface area (Å²) in [5.74, 6) is -0.562. The molecular weight excluding hydrogens is 492 g/mol. The summed E-state index contributed by atoms with van der Waals surface area (Å²) in [6, 6.07) is 43.4. The Morgan fingerprint density at radius 2 is 0.575 bits per heavy atom. The molecule has 186 valence electrons. The van der Waals surface area contributed by atoms with Crippen molar-refractivity contribution in [2.24, 2.45) is 0 Å². The summed E-state index contributed by atoms with van der Waals surface area (Å²) in [6.45, 7) is -0.578. The van der Waals surface area contributed by atoms with Crippen LogP contribution in [0, 0.1) is 11.6 Å². The molecule has 0 spiro atoms. The Hall–Kier alpha value is -4.69. The van der Waals surface area contributed by atoms with Gasteiger partial charge >= 0.3 is 0 Å². The number of hydrogen-bond donors (Lipinski definition) is 0. The van der Waals surface area contributed by atoms with Crippen molar-refractivity contribution < 1.29 is 8.78 Å². The fraction of sp³-hybridized carbons (Fsp3) is 0. The van der Waals surface area contributed by atoms with Crippen molar-refractivity contribution in [3.63, 3.8) is 0 Å². The molecule has 0 saturated carbocycles. The van der Waals surface area contributed by atoms with E-state index in [9.17, 15) is 0 Å². The summed E-state index contributed by atoms with van der Waals surface area (Å²) in [5.41, 5.74) is 11.4. The second kappa shape index (κ2) is 8.92. The first-order chi connectivity index (χ1) is 19.7. The first-order valence-corrected chi connectivity index (χ1v) is 13.7. The lowest BCUT2D eigenvalue weighted by Gasteiger charge is -2.22. The smallest absolute Gasteiger partial charge is 0.208 e. The first-order valence-electron chi connectivity index (χ1n) is 13.7. The van der Waals surface area contributed by atoms with Crippen molar-refractivity contribution in [1.29, 1.82) is 0 Å². The SMILES string of the molecule is Fc1cccc(-c2cccc(F)c2B2c3ccccc3-c3ccccc32)c1B1c2ccccc2-c2ccccc21. The lowest BCUT2D eigenvalue weighted by molar-refractivity contribution is 0.634. The molecule has 40 heavy (non-hydrogen) atoms. The highest BCUT2D eigenvalue weighted by atomic mass is 19.1. The summed E-state index contributed by atoms with van der Waals surface area (Å²) < 4.78 is 32.3. The monoisotopic (exact) mass is 514 g/mol. The zero-order valence-electron chi connectivity index (χ0n) is 21.6. The van der Waals surface area contributed by atoms with Gasteiger partial charge in [0.05, 0.1) is 0 Å². The van der Waals surface area contributed by atoms with E-state index in [1.807, 2.05) is 60.7 Å². The molecule has 0 saturated heterocycles. The van der Waals surface area contributed by atoms with Gasteiger partial charge in [0.1, 0.15) is 11.6 Å². The Bertz CT molecular complexity index is 1730. The molecule has 0 aliphatic carbocycles. The van der Waals surface area contributed by atoms with E-state index in [0.29, 0.717) is 10.9 Å². The van der Waals surface area contributed by atoms with Gasteiger partial charge in [-0.25, -0.2) is 8.78 Å². The number of halogens is 2. The molecule has 2 aliphatic heterocycles. The number of fused-ring (bicyclic) bond motifs is 6. The quantitative estimate of drug-likeness (QED) is 0.302. The molecule has 0 aromatic heterocycles. The van der Waals surface area contributed by atoms with E-state index in [-0.39, 0.29) is 25.1 Å². The molecule has 0 fully saturated rings. The largest absolute Gasteiger partial charge is 0.247 e. The third-order valence-corrected chi connectivity index (χ3v) is 8.64. The number of benzene rings is 6. The second-order valence-electron chi connectivity index (χ2n) is 10.6. The van der Waals surface area contributed by atoms with E-state index >= 15 is 8.78 Å². The van der Waals surface area contributed by atoms with Gasteiger partial charge in [0.25, 0.3) is 0 Å². The van der Waals surface area contributed by atoms with Crippen LogP contribution in [0.2, 0.25) is 0 Å². The van der Waals surface area contributed by atoms with Crippen LogP contribution in [0.4, 0.5) is 8.78 Å². The fourth-order valence-corrected chi connectivity index (χ4v) is 7.06. The van der Waals surface area contributed by atoms with Crippen molar-refractivity contribution in [2.75, 3.05) is 0 Å². The predicted octanol–water partition coefficient (Wildman–Crippen LogP) is 4.63. The first kappa shape index (κ1) is 23.2. The van der Waals surface area contributed by atoms with Crippen molar-refractivity contribution in [3.05, 3.63) is 145 Å². The molecule has 0 unspecified atom stereocenters. The topological polar surface area (TPSA) is 0 Å². The maximum Gasteiger partial charge on any atom is 0.247 e. The molecule has 0 bridgehead atoms. The molecule has 8 rings (SSSR count). The highest BCUT2D eigenvalue weighted by Gasteiger charge is 2.39. The number of rotatable bonds is 3. The summed E-state index contributed by atoms with van der Waals surface area (Å²) in [7, 11) is 0. The van der Waals surface area contributed by atoms with E-state index in [2.05, 4.69) is 48.5 Å². The number of hydrogen-bond acceptors (Lipinski definition) is 0. The molecule has 0 radical (unpaired) electrons. The summed E-state index contributed by atoms with van der Waals surface area (Å²) >= 11 is 0. The lowest BCUT2D eigenvalue weighted by atomic mass is 9.36. The van der Waals surface area contributed by atoms with E-state index < -0.39 is 0 Å². The molecule has 6 aromatic rings. The molecule has 4 heteroatoms. The highest BCUT2D eigenvalue weighted by molar-refractivity contribution is 7.01. The molecule has 0 N–H and O–H groups in total. The van der Waals surface area contributed by atoms with Crippen LogP contribution in [0.3, 0.4) is 0 Å². The maximum atomic E-state index is 16.2. The summed E-state index contributed by atoms with van der Waals surface area (Å²) in [6.07, 6.45) is 0. The molecule has 0 amide bonds. The van der Waals surface area contributed by atoms with Gasteiger partial charge < -0.3 is 0 Å². The Balaban J connectivity index is 1.41. The van der Waals surface area contributed by atoms with Crippen molar-refractivity contribution >= 4 is 46.2 Å². The van der Waals surface area contributed by atoms with Gasteiger partial charge in [-0.3, -0.25) is 0 Å². The van der Waals surface area contributed by atoms with E-state index in [4.69, 9.17) is 0 Å². The Kier molecular flexibility index (Phi) is 5.18. The maximum absolute atomic E-state index is 16.2. The Morgan fingerprint density at radius 3 is 0.900 bits per heavy atom. The highest BCUT2D eigenvalue weighted by Crippen LogP contribution is 2.28. The van der Waals surface area contributed by atoms with Crippen LogP contribution in [0.25, 0.3) is 33.4 Å². The van der Waals surface area contributed by atoms with Gasteiger partial charge in [-0.2, -0.15) is 0 Å². The average Bonchev–Trinajstić information content (AvgIpc) is 3.50. The van der Waals surface area contributed by atoms with E-state index in [0.717, 1.165) is 55.2 Å². The van der Waals surface area contributed by atoms with Gasteiger partial charge in [0.2, 0.25) is 13.4 Å². The minimum atomic E-state index is -0.289. The van der Waals surface area contributed by atoms with Crippen molar-refractivity contribution in [1.82, 2.24) is 0 Å². The summed E-state index contributed by atoms with van der Waals surface area (Å²) in [5, 5.41) is 0. The molecule has 2 aliphatic rings. The van der Waals surface area contributed by atoms with Crippen LogP contribution in [-0.2, 0) is 0 Å². The Labute approximate surface area is 233 Å². The van der Waals surface area contributed by atoms with Gasteiger partial charge in [-0.05, 0) is 56.4 Å². The molecule has 6 aromatic carbocycles. The van der Waals surface area contributed by atoms with Crippen LogP contribution >= 0.6 is 0 Å². The predicted molar refractivity (Wildman–Crippen MR) is 165 cm³/mol. The Morgan fingerprint density at radius 1 is 0.300 bits per heavy atom. The van der Waals surface area contributed by atoms with Crippen molar-refractivity contribution in [2.45, 2.75) is 0 Å². The fourth-order valence-electron chi connectivity index (χ4n) is 7.06. The standard InChI is InChI=1S/C36H22B2F2/c39-33-21-9-15-27(35(33)37-29-17-5-1-11-23(29)24-12-2-6-18-30(24)37)28-16-10-22-34(40)36(28)38-31-19-7-3-13-25(31)26-14-4-8-20-32(26)38/h1-22H. The third kappa shape index (κ3) is 3.26. The van der Waals surface area contributed by atoms with Crippen LogP contribution in [0.1, 0.15) is 0 Å². The second-order valence-corrected chi connectivity index (χ2v) is 10.6. The minimum Gasteiger partial charge on any atom is -0.208 e. The lowest BCUT2D eigenvalue weighted by Crippen LogP contribution is -2.53. The van der Waals surface area contributed by atoms with Gasteiger partial charge in [-0.15, -0.1) is 0 Å². The minimum absolute atomic E-state index is 0.281. The molecular formula is C36H22B2F2. The van der Waals surface area contributed by atoms with Crippen LogP contribution in [-0.4, -0.2) is 13.4 Å². The van der Waals surface area contributed by atoms with Gasteiger partial charge in [0, 0.05) is 0 Å². The van der Waals surface area contributed by atoms with Crippen LogP contribution in [0.5, 0.6) is 0 Å². The van der Waals surface area contributed by atoms with Gasteiger partial charge in [0.15, 0.2) is 0 Å². The van der Waals surface area contributed by atoms with Crippen LogP contribution in [0.15, 0.2) is 133 Å².